The average Bonchev–Trinajstić information content (AvgIpc) is 2.34. The van der Waals surface area contributed by atoms with E-state index in [2.05, 4.69) is 19.2 Å². The molecular formula is C15H23ClFN. The summed E-state index contributed by atoms with van der Waals surface area (Å²) >= 11 is 6.01. The second-order valence-corrected chi connectivity index (χ2v) is 5.15. The summed E-state index contributed by atoms with van der Waals surface area (Å²) in [5.41, 5.74) is 0.968. The molecule has 1 rings (SSSR count). The second kappa shape index (κ2) is 8.49. The Labute approximate surface area is 115 Å². The highest BCUT2D eigenvalue weighted by atomic mass is 35.5. The fourth-order valence-corrected chi connectivity index (χ4v) is 2.30. The average molecular weight is 272 g/mol. The van der Waals surface area contributed by atoms with Gasteiger partial charge in [-0.1, -0.05) is 50.8 Å². The minimum Gasteiger partial charge on any atom is -0.310 e. The molecule has 0 aromatic heterocycles. The van der Waals surface area contributed by atoms with E-state index in [9.17, 15) is 4.39 Å². The van der Waals surface area contributed by atoms with E-state index in [4.69, 9.17) is 11.6 Å². The van der Waals surface area contributed by atoms with Crippen LogP contribution in [0.3, 0.4) is 0 Å². The van der Waals surface area contributed by atoms with Gasteiger partial charge in [0.15, 0.2) is 0 Å². The molecule has 0 bridgehead atoms. The van der Waals surface area contributed by atoms with Crippen LogP contribution in [0.5, 0.6) is 0 Å². The molecule has 1 aromatic carbocycles. The highest BCUT2D eigenvalue weighted by molar-refractivity contribution is 6.31. The van der Waals surface area contributed by atoms with Crippen molar-refractivity contribution in [1.29, 1.82) is 0 Å². The van der Waals surface area contributed by atoms with Crippen molar-refractivity contribution in [1.82, 2.24) is 5.32 Å². The Morgan fingerprint density at radius 1 is 1.22 bits per heavy atom. The summed E-state index contributed by atoms with van der Waals surface area (Å²) in [7, 11) is 0. The molecule has 0 saturated heterocycles. The number of benzene rings is 1. The van der Waals surface area contributed by atoms with Crippen LogP contribution in [0.15, 0.2) is 18.2 Å². The third-order valence-corrected chi connectivity index (χ3v) is 3.49. The Balaban J connectivity index is 2.49. The van der Waals surface area contributed by atoms with Gasteiger partial charge < -0.3 is 5.32 Å². The third kappa shape index (κ3) is 5.36. The van der Waals surface area contributed by atoms with Crippen molar-refractivity contribution >= 4 is 11.6 Å². The molecule has 0 spiro atoms. The van der Waals surface area contributed by atoms with Crippen LogP contribution in [0.25, 0.3) is 0 Å². The predicted octanol–water partition coefficient (Wildman–Crippen LogP) is 4.93. The van der Waals surface area contributed by atoms with Gasteiger partial charge in [0.25, 0.3) is 0 Å². The van der Waals surface area contributed by atoms with E-state index >= 15 is 0 Å². The zero-order valence-corrected chi connectivity index (χ0v) is 12.1. The van der Waals surface area contributed by atoms with E-state index in [-0.39, 0.29) is 5.82 Å². The van der Waals surface area contributed by atoms with Crippen LogP contribution >= 0.6 is 11.6 Å². The molecule has 1 N–H and O–H groups in total. The quantitative estimate of drug-likeness (QED) is 0.707. The summed E-state index contributed by atoms with van der Waals surface area (Å²) in [6, 6.07) is 5.13. The Hall–Kier alpha value is -0.600. The molecule has 0 radical (unpaired) electrons. The minimum atomic E-state index is -0.278. The van der Waals surface area contributed by atoms with Crippen molar-refractivity contribution < 1.29 is 4.39 Å². The molecule has 0 aliphatic heterocycles. The fourth-order valence-electron chi connectivity index (χ4n) is 2.07. The number of halogens is 2. The predicted molar refractivity (Wildman–Crippen MR) is 76.5 cm³/mol. The Morgan fingerprint density at radius 3 is 2.61 bits per heavy atom. The third-order valence-electron chi connectivity index (χ3n) is 3.14. The van der Waals surface area contributed by atoms with Gasteiger partial charge in [0, 0.05) is 17.6 Å². The highest BCUT2D eigenvalue weighted by Gasteiger charge is 2.08. The van der Waals surface area contributed by atoms with Gasteiger partial charge in [0.1, 0.15) is 5.82 Å². The van der Waals surface area contributed by atoms with E-state index in [0.717, 1.165) is 5.56 Å². The summed E-state index contributed by atoms with van der Waals surface area (Å²) in [5.74, 6) is -0.278. The lowest BCUT2D eigenvalue weighted by molar-refractivity contribution is 0.434. The van der Waals surface area contributed by atoms with Crippen molar-refractivity contribution in [3.8, 4) is 0 Å². The van der Waals surface area contributed by atoms with E-state index in [1.807, 2.05) is 0 Å². The summed E-state index contributed by atoms with van der Waals surface area (Å²) in [6.45, 7) is 5.12. The summed E-state index contributed by atoms with van der Waals surface area (Å²) in [5, 5.41) is 4.03. The molecule has 1 atom stereocenters. The van der Waals surface area contributed by atoms with Crippen LogP contribution in [0.1, 0.15) is 51.5 Å². The Kier molecular flexibility index (Phi) is 7.29. The molecule has 0 aliphatic rings. The fraction of sp³-hybridized carbons (Fsp3) is 0.600. The minimum absolute atomic E-state index is 0.278. The maximum atomic E-state index is 12.9. The SMILES string of the molecule is CCCCC(CCC)NCc1ccc(F)cc1Cl. The zero-order chi connectivity index (χ0) is 13.4. The Morgan fingerprint density at radius 2 is 2.00 bits per heavy atom. The topological polar surface area (TPSA) is 12.0 Å². The first-order chi connectivity index (χ1) is 8.67. The summed E-state index contributed by atoms with van der Waals surface area (Å²) in [4.78, 5) is 0. The van der Waals surface area contributed by atoms with Gasteiger partial charge in [-0.2, -0.15) is 0 Å². The number of rotatable bonds is 8. The number of hydrogen-bond donors (Lipinski definition) is 1. The molecule has 0 amide bonds. The van der Waals surface area contributed by atoms with E-state index in [1.165, 1.54) is 44.2 Å². The van der Waals surface area contributed by atoms with Gasteiger partial charge in [-0.3, -0.25) is 0 Å². The standard InChI is InChI=1S/C15H23ClFN/c1-3-5-7-14(6-4-2)18-11-12-8-9-13(17)10-15(12)16/h8-10,14,18H,3-7,11H2,1-2H3. The van der Waals surface area contributed by atoms with Gasteiger partial charge in [0.05, 0.1) is 0 Å². The van der Waals surface area contributed by atoms with Crippen LogP contribution in [0.2, 0.25) is 5.02 Å². The molecule has 3 heteroatoms. The maximum absolute atomic E-state index is 12.9. The molecular weight excluding hydrogens is 249 g/mol. The number of unbranched alkanes of at least 4 members (excludes halogenated alkanes) is 1. The molecule has 0 saturated carbocycles. The van der Waals surface area contributed by atoms with Crippen molar-refractivity contribution in [2.24, 2.45) is 0 Å². The van der Waals surface area contributed by atoms with E-state index < -0.39 is 0 Å². The van der Waals surface area contributed by atoms with Gasteiger partial charge in [0.2, 0.25) is 0 Å². The largest absolute Gasteiger partial charge is 0.310 e. The molecule has 1 aromatic rings. The molecule has 0 fully saturated rings. The summed E-state index contributed by atoms with van der Waals surface area (Å²) < 4.78 is 12.9. The van der Waals surface area contributed by atoms with Crippen LogP contribution in [0.4, 0.5) is 4.39 Å². The molecule has 0 aliphatic carbocycles. The highest BCUT2D eigenvalue weighted by Crippen LogP contribution is 2.18. The number of hydrogen-bond acceptors (Lipinski definition) is 1. The van der Waals surface area contributed by atoms with Crippen LogP contribution < -0.4 is 5.32 Å². The maximum Gasteiger partial charge on any atom is 0.124 e. The van der Waals surface area contributed by atoms with Gasteiger partial charge in [-0.05, 0) is 30.5 Å². The summed E-state index contributed by atoms with van der Waals surface area (Å²) in [6.07, 6.45) is 6.02. The first-order valence-corrected chi connectivity index (χ1v) is 7.22. The van der Waals surface area contributed by atoms with E-state index in [1.54, 1.807) is 6.07 Å². The van der Waals surface area contributed by atoms with Crippen LogP contribution in [-0.2, 0) is 6.54 Å². The molecule has 1 unspecified atom stereocenters. The van der Waals surface area contributed by atoms with Gasteiger partial charge in [-0.15, -0.1) is 0 Å². The van der Waals surface area contributed by atoms with Gasteiger partial charge in [-0.25, -0.2) is 4.39 Å². The first-order valence-electron chi connectivity index (χ1n) is 6.84. The molecule has 18 heavy (non-hydrogen) atoms. The Bertz CT molecular complexity index is 354. The molecule has 102 valence electrons. The number of nitrogens with one attached hydrogen (secondary N) is 1. The zero-order valence-electron chi connectivity index (χ0n) is 11.3. The first kappa shape index (κ1) is 15.5. The van der Waals surface area contributed by atoms with Crippen molar-refractivity contribution in [3.05, 3.63) is 34.6 Å². The van der Waals surface area contributed by atoms with Crippen molar-refractivity contribution in [3.63, 3.8) is 0 Å². The lowest BCUT2D eigenvalue weighted by Gasteiger charge is -2.18. The monoisotopic (exact) mass is 271 g/mol. The van der Waals surface area contributed by atoms with Gasteiger partial charge >= 0.3 is 0 Å². The van der Waals surface area contributed by atoms with Crippen LogP contribution in [0, 0.1) is 5.82 Å². The molecule has 1 nitrogen and oxygen atoms in total. The lowest BCUT2D eigenvalue weighted by Crippen LogP contribution is -2.28. The van der Waals surface area contributed by atoms with Crippen molar-refractivity contribution in [2.45, 2.75) is 58.5 Å². The smallest absolute Gasteiger partial charge is 0.124 e. The van der Waals surface area contributed by atoms with Crippen LogP contribution in [-0.4, -0.2) is 6.04 Å². The molecule has 0 heterocycles. The second-order valence-electron chi connectivity index (χ2n) is 4.74. The lowest BCUT2D eigenvalue weighted by atomic mass is 10.0. The normalized spacial score (nSPS) is 12.7. The van der Waals surface area contributed by atoms with Crippen molar-refractivity contribution in [2.75, 3.05) is 0 Å². The van der Waals surface area contributed by atoms with E-state index in [0.29, 0.717) is 17.6 Å².